The Bertz CT molecular complexity index is 895. The number of carboxylic acid groups (broad SMARTS) is 2. The van der Waals surface area contributed by atoms with Gasteiger partial charge in [0.2, 0.25) is 0 Å². The number of hydrogen-bond donors (Lipinski definition) is 3. The van der Waals surface area contributed by atoms with Crippen LogP contribution in [0.25, 0.3) is 11.3 Å². The molecule has 2 aromatic heterocycles. The number of thiazole rings is 1. The molecule has 0 fully saturated rings. The summed E-state index contributed by atoms with van der Waals surface area (Å²) in [5, 5.41) is 23.0. The summed E-state index contributed by atoms with van der Waals surface area (Å²) in [6, 6.07) is 3.95. The Kier molecular flexibility index (Phi) is 6.08. The molecule has 27 heavy (non-hydrogen) atoms. The minimum absolute atomic E-state index is 0.0559. The van der Waals surface area contributed by atoms with Crippen LogP contribution in [0, 0.1) is 5.92 Å². The predicted octanol–water partition coefficient (Wildman–Crippen LogP) is 2.41. The van der Waals surface area contributed by atoms with Gasteiger partial charge in [0.15, 0.2) is 16.7 Å². The van der Waals surface area contributed by atoms with Crippen molar-refractivity contribution in [2.45, 2.75) is 16.6 Å². The summed E-state index contributed by atoms with van der Waals surface area (Å²) < 4.78 is 2.69. The second-order valence-electron chi connectivity index (χ2n) is 5.96. The highest BCUT2D eigenvalue weighted by molar-refractivity contribution is 8.07. The van der Waals surface area contributed by atoms with Crippen LogP contribution in [0.4, 0.5) is 0 Å². The number of rotatable bonds is 6. The third-order valence-corrected chi connectivity index (χ3v) is 7.54. The normalized spacial score (nSPS) is 18.1. The zero-order valence-electron chi connectivity index (χ0n) is 14.6. The SMILES string of the molecule is CC(C(=O)O)C1NC(C(=O)O)=C(Sc2nc(-c3cc[n+](C)cc3)cs2)CS1. The average Bonchev–Trinajstić information content (AvgIpc) is 3.10. The number of aliphatic carboxylic acids is 2. The van der Waals surface area contributed by atoms with Gasteiger partial charge in [0.1, 0.15) is 12.7 Å². The molecule has 2 atom stereocenters. The maximum absolute atomic E-state index is 11.6. The van der Waals surface area contributed by atoms with Crippen molar-refractivity contribution in [1.82, 2.24) is 10.3 Å². The second kappa shape index (κ2) is 8.32. The Hall–Kier alpha value is -2.04. The molecular weight excluding hydrogens is 406 g/mol. The molecule has 0 aliphatic carbocycles. The molecule has 2 unspecified atom stereocenters. The van der Waals surface area contributed by atoms with Gasteiger partial charge in [0, 0.05) is 33.7 Å². The summed E-state index contributed by atoms with van der Waals surface area (Å²) in [6.07, 6.45) is 3.88. The first-order chi connectivity index (χ1) is 12.8. The zero-order chi connectivity index (χ0) is 19.6. The lowest BCUT2D eigenvalue weighted by molar-refractivity contribution is -0.671. The van der Waals surface area contributed by atoms with Gasteiger partial charge in [-0.15, -0.1) is 23.1 Å². The first-order valence-electron chi connectivity index (χ1n) is 8.01. The van der Waals surface area contributed by atoms with Crippen molar-refractivity contribution >= 4 is 46.8 Å². The van der Waals surface area contributed by atoms with Gasteiger partial charge in [-0.25, -0.2) is 14.3 Å². The van der Waals surface area contributed by atoms with E-state index < -0.39 is 23.2 Å². The van der Waals surface area contributed by atoms with Crippen LogP contribution in [-0.2, 0) is 16.6 Å². The second-order valence-corrected chi connectivity index (χ2v) is 9.29. The Labute approximate surface area is 168 Å². The van der Waals surface area contributed by atoms with Crippen LogP contribution in [0.1, 0.15) is 6.92 Å². The predicted molar refractivity (Wildman–Crippen MR) is 105 cm³/mol. The van der Waals surface area contributed by atoms with E-state index in [0.717, 1.165) is 15.6 Å². The third kappa shape index (κ3) is 4.63. The van der Waals surface area contributed by atoms with Crippen LogP contribution in [-0.4, -0.2) is 38.3 Å². The van der Waals surface area contributed by atoms with Gasteiger partial charge >= 0.3 is 11.9 Å². The number of hydrogen-bond acceptors (Lipinski definition) is 7. The summed E-state index contributed by atoms with van der Waals surface area (Å²) in [5.74, 6) is -2.31. The highest BCUT2D eigenvalue weighted by Gasteiger charge is 2.32. The molecule has 0 aromatic carbocycles. The van der Waals surface area contributed by atoms with Gasteiger partial charge < -0.3 is 15.5 Å². The van der Waals surface area contributed by atoms with Gasteiger partial charge in [-0.2, -0.15) is 0 Å². The minimum Gasteiger partial charge on any atom is -0.481 e. The lowest BCUT2D eigenvalue weighted by Gasteiger charge is -2.29. The quantitative estimate of drug-likeness (QED) is 0.608. The lowest BCUT2D eigenvalue weighted by atomic mass is 10.2. The monoisotopic (exact) mass is 424 g/mol. The van der Waals surface area contributed by atoms with E-state index in [1.54, 1.807) is 6.92 Å². The van der Waals surface area contributed by atoms with Crippen LogP contribution >= 0.6 is 34.9 Å². The summed E-state index contributed by atoms with van der Waals surface area (Å²) >= 11 is 4.16. The molecule has 0 amide bonds. The van der Waals surface area contributed by atoms with Crippen molar-refractivity contribution in [2.75, 3.05) is 5.75 Å². The largest absolute Gasteiger partial charge is 0.481 e. The number of aromatic nitrogens is 2. The topological polar surface area (TPSA) is 103 Å². The van der Waals surface area contributed by atoms with Gasteiger partial charge in [-0.1, -0.05) is 11.8 Å². The molecule has 0 saturated carbocycles. The molecule has 2 aromatic rings. The summed E-state index contributed by atoms with van der Waals surface area (Å²) in [7, 11) is 1.94. The highest BCUT2D eigenvalue weighted by Crippen LogP contribution is 2.39. The molecule has 10 heteroatoms. The zero-order valence-corrected chi connectivity index (χ0v) is 17.0. The van der Waals surface area contributed by atoms with Gasteiger partial charge in [-0.05, 0) is 6.92 Å². The molecule has 0 spiro atoms. The van der Waals surface area contributed by atoms with Gasteiger partial charge in [-0.3, -0.25) is 4.79 Å². The van der Waals surface area contributed by atoms with E-state index in [-0.39, 0.29) is 5.70 Å². The van der Waals surface area contributed by atoms with Crippen LogP contribution in [0.2, 0.25) is 0 Å². The molecular formula is C17H18N3O4S3+. The maximum atomic E-state index is 11.6. The van der Waals surface area contributed by atoms with Crippen molar-refractivity contribution in [1.29, 1.82) is 0 Å². The number of aryl methyl sites for hydroxylation is 1. The Morgan fingerprint density at radius 3 is 2.70 bits per heavy atom. The number of pyridine rings is 1. The molecule has 3 heterocycles. The van der Waals surface area contributed by atoms with Crippen molar-refractivity contribution < 1.29 is 24.4 Å². The number of nitrogens with one attached hydrogen (secondary N) is 1. The molecule has 0 saturated heterocycles. The number of carbonyl (C=O) groups is 2. The van der Waals surface area contributed by atoms with E-state index in [2.05, 4.69) is 10.3 Å². The van der Waals surface area contributed by atoms with Crippen molar-refractivity contribution in [3.63, 3.8) is 0 Å². The average molecular weight is 425 g/mol. The van der Waals surface area contributed by atoms with Crippen LogP contribution in [0.3, 0.4) is 0 Å². The number of carboxylic acids is 2. The van der Waals surface area contributed by atoms with E-state index in [4.69, 9.17) is 5.11 Å². The first kappa shape index (κ1) is 19.7. The maximum Gasteiger partial charge on any atom is 0.352 e. The van der Waals surface area contributed by atoms with E-state index >= 15 is 0 Å². The Balaban J connectivity index is 1.79. The standard InChI is InChI=1S/C17H17N3O4S3/c1-9(15(21)22)14-19-13(16(23)24)12(8-25-14)27-17-18-11(7-26-17)10-3-5-20(2)6-4-10/h3-7,9,14,19H,8H2,1-2H3,(H-,21,22,23,24)/p+1. The molecule has 3 rings (SSSR count). The van der Waals surface area contributed by atoms with Gasteiger partial charge in [0.05, 0.1) is 17.0 Å². The first-order valence-corrected chi connectivity index (χ1v) is 10.8. The highest BCUT2D eigenvalue weighted by atomic mass is 32.2. The van der Waals surface area contributed by atoms with E-state index in [9.17, 15) is 14.7 Å². The molecule has 0 bridgehead atoms. The van der Waals surface area contributed by atoms with Crippen molar-refractivity contribution in [3.05, 3.63) is 40.5 Å². The molecule has 7 nitrogen and oxygen atoms in total. The summed E-state index contributed by atoms with van der Waals surface area (Å²) in [5.41, 5.74) is 1.89. The fraction of sp³-hybridized carbons (Fsp3) is 0.294. The molecule has 1 aliphatic heterocycles. The Morgan fingerprint density at radius 2 is 2.07 bits per heavy atom. The van der Waals surface area contributed by atoms with Crippen LogP contribution in [0.5, 0.6) is 0 Å². The van der Waals surface area contributed by atoms with Crippen LogP contribution < -0.4 is 9.88 Å². The fourth-order valence-corrected chi connectivity index (χ4v) is 5.69. The van der Waals surface area contributed by atoms with Crippen molar-refractivity contribution in [3.8, 4) is 11.3 Å². The molecule has 1 aliphatic rings. The minimum atomic E-state index is -1.09. The number of nitrogens with zero attached hydrogens (tertiary/aromatic N) is 2. The fourth-order valence-electron chi connectivity index (χ4n) is 2.38. The third-order valence-electron chi connectivity index (χ3n) is 3.98. The van der Waals surface area contributed by atoms with Crippen molar-refractivity contribution in [2.24, 2.45) is 13.0 Å². The van der Waals surface area contributed by atoms with E-state index in [1.165, 1.54) is 34.9 Å². The van der Waals surface area contributed by atoms with Gasteiger partial charge in [0.25, 0.3) is 0 Å². The molecule has 142 valence electrons. The number of thioether (sulfide) groups is 2. The molecule has 0 radical (unpaired) electrons. The lowest BCUT2D eigenvalue weighted by Crippen LogP contribution is -2.41. The summed E-state index contributed by atoms with van der Waals surface area (Å²) in [4.78, 5) is 28.1. The summed E-state index contributed by atoms with van der Waals surface area (Å²) in [6.45, 7) is 1.57. The van der Waals surface area contributed by atoms with E-state index in [0.29, 0.717) is 10.7 Å². The Morgan fingerprint density at radius 1 is 1.37 bits per heavy atom. The molecule has 3 N–H and O–H groups in total. The smallest absolute Gasteiger partial charge is 0.352 e. The van der Waals surface area contributed by atoms with E-state index in [1.807, 2.05) is 41.5 Å². The van der Waals surface area contributed by atoms with Crippen LogP contribution in [0.15, 0.2) is 44.8 Å².